The first-order valence-corrected chi connectivity index (χ1v) is 10.0. The zero-order valence-corrected chi connectivity index (χ0v) is 17.1. The van der Waals surface area contributed by atoms with Crippen LogP contribution in [0.2, 0.25) is 5.02 Å². The summed E-state index contributed by atoms with van der Waals surface area (Å²) in [5.41, 5.74) is 7.21. The van der Waals surface area contributed by atoms with Crippen molar-refractivity contribution in [3.05, 3.63) is 63.7 Å². The zero-order chi connectivity index (χ0) is 19.9. The maximum absolute atomic E-state index is 11.5. The average Bonchev–Trinajstić information content (AvgIpc) is 2.71. The van der Waals surface area contributed by atoms with Gasteiger partial charge in [-0.1, -0.05) is 36.7 Å². The molecule has 2 N–H and O–H groups in total. The molecule has 1 amide bonds. The van der Waals surface area contributed by atoms with Crippen molar-refractivity contribution in [3.63, 3.8) is 0 Å². The first-order valence-electron chi connectivity index (χ1n) is 9.66. The van der Waals surface area contributed by atoms with E-state index in [1.54, 1.807) is 0 Å². The summed E-state index contributed by atoms with van der Waals surface area (Å²) in [5, 5.41) is 4.04. The van der Waals surface area contributed by atoms with E-state index >= 15 is 0 Å². The average molecular weight is 403 g/mol. The molecule has 1 aliphatic rings. The molecule has 0 aliphatic heterocycles. The van der Waals surface area contributed by atoms with Crippen LogP contribution in [0.3, 0.4) is 0 Å². The predicted octanol–water partition coefficient (Wildman–Crippen LogP) is 3.61. The smallest absolute Gasteiger partial charge is 0.257 e. The molecule has 150 valence electrons. The number of benzene rings is 2. The van der Waals surface area contributed by atoms with E-state index < -0.39 is 0 Å². The largest absolute Gasteiger partial charge is 0.489 e. The second-order valence-corrected chi connectivity index (χ2v) is 7.41. The van der Waals surface area contributed by atoms with Crippen molar-refractivity contribution in [2.24, 2.45) is 0 Å². The third-order valence-electron chi connectivity index (χ3n) is 5.15. The van der Waals surface area contributed by atoms with Crippen LogP contribution in [0, 0.1) is 0 Å². The van der Waals surface area contributed by atoms with Crippen LogP contribution in [0.4, 0.5) is 0 Å². The highest BCUT2D eigenvalue weighted by atomic mass is 35.5. The molecular formula is C22H27ClN2O3. The third-order valence-corrected chi connectivity index (χ3v) is 5.51. The van der Waals surface area contributed by atoms with Crippen molar-refractivity contribution < 1.29 is 14.4 Å². The Morgan fingerprint density at radius 2 is 2.11 bits per heavy atom. The quantitative estimate of drug-likeness (QED) is 0.662. The number of hydrogen-bond acceptors (Lipinski definition) is 4. The van der Waals surface area contributed by atoms with Crippen LogP contribution in [-0.4, -0.2) is 25.6 Å². The summed E-state index contributed by atoms with van der Waals surface area (Å²) in [7, 11) is 1.43. The van der Waals surface area contributed by atoms with E-state index in [1.807, 2.05) is 18.2 Å². The highest BCUT2D eigenvalue weighted by Gasteiger charge is 2.19. The number of nitrogens with one attached hydrogen (secondary N) is 2. The van der Waals surface area contributed by atoms with E-state index in [0.717, 1.165) is 42.0 Å². The van der Waals surface area contributed by atoms with Crippen LogP contribution in [0.1, 0.15) is 35.6 Å². The second kappa shape index (κ2) is 9.92. The number of aryl methyl sites for hydroxylation is 2. The van der Waals surface area contributed by atoms with Gasteiger partial charge in [0.15, 0.2) is 0 Å². The summed E-state index contributed by atoms with van der Waals surface area (Å²) >= 11 is 6.35. The highest BCUT2D eigenvalue weighted by molar-refractivity contribution is 6.31. The Bertz CT molecular complexity index is 825. The molecule has 3 rings (SSSR count). The molecule has 0 aromatic heterocycles. The lowest BCUT2D eigenvalue weighted by molar-refractivity contribution is -0.130. The fraction of sp³-hybridized carbons (Fsp3) is 0.409. The number of hydroxylamine groups is 1. The van der Waals surface area contributed by atoms with Crippen LogP contribution in [0.15, 0.2) is 36.4 Å². The minimum atomic E-state index is -0.164. The second-order valence-electron chi connectivity index (χ2n) is 7.00. The lowest BCUT2D eigenvalue weighted by Gasteiger charge is -2.26. The lowest BCUT2D eigenvalue weighted by atomic mass is 9.88. The van der Waals surface area contributed by atoms with Gasteiger partial charge in [-0.05, 0) is 60.6 Å². The Kier molecular flexibility index (Phi) is 7.31. The van der Waals surface area contributed by atoms with E-state index in [-0.39, 0.29) is 18.5 Å². The number of ether oxygens (including phenoxy) is 1. The minimum absolute atomic E-state index is 0.164. The van der Waals surface area contributed by atoms with Gasteiger partial charge in [0.25, 0.3) is 5.91 Å². The van der Waals surface area contributed by atoms with Gasteiger partial charge in [0.1, 0.15) is 12.4 Å². The van der Waals surface area contributed by atoms with Crippen molar-refractivity contribution in [1.82, 2.24) is 10.8 Å². The standard InChI is InChI=1S/C22H27ClN2O3/c1-3-15-5-4-6-21(23)20(15)14-28-19-10-8-16-11-18(9-7-17(16)12-19)24-13-22(26)25-27-2/h4-6,8,10,12,18,24H,3,7,9,11,13-14H2,1-2H3,(H,25,26). The number of rotatable bonds is 8. The molecule has 0 saturated heterocycles. The molecule has 0 saturated carbocycles. The van der Waals surface area contributed by atoms with Crippen molar-refractivity contribution in [3.8, 4) is 5.75 Å². The summed E-state index contributed by atoms with van der Waals surface area (Å²) in [6.07, 6.45) is 3.78. The molecule has 2 aromatic rings. The summed E-state index contributed by atoms with van der Waals surface area (Å²) < 4.78 is 6.05. The molecule has 2 aromatic carbocycles. The molecule has 0 radical (unpaired) electrons. The van der Waals surface area contributed by atoms with Crippen molar-refractivity contribution >= 4 is 17.5 Å². The molecule has 5 nitrogen and oxygen atoms in total. The maximum atomic E-state index is 11.5. The van der Waals surface area contributed by atoms with Crippen molar-refractivity contribution in [2.75, 3.05) is 13.7 Å². The molecule has 0 spiro atoms. The monoisotopic (exact) mass is 402 g/mol. The number of halogens is 1. The molecule has 1 unspecified atom stereocenters. The number of fused-ring (bicyclic) bond motifs is 1. The summed E-state index contributed by atoms with van der Waals surface area (Å²) in [5.74, 6) is 0.703. The molecule has 28 heavy (non-hydrogen) atoms. The van der Waals surface area contributed by atoms with Crippen molar-refractivity contribution in [1.29, 1.82) is 0 Å². The van der Waals surface area contributed by atoms with Gasteiger partial charge in [-0.15, -0.1) is 0 Å². The SMILES string of the molecule is CCc1cccc(Cl)c1COc1ccc2c(c1)CCC(NCC(=O)NOC)C2. The topological polar surface area (TPSA) is 59.6 Å². The van der Waals surface area contributed by atoms with E-state index in [2.05, 4.69) is 40.8 Å². The van der Waals surface area contributed by atoms with Gasteiger partial charge in [-0.3, -0.25) is 9.63 Å². The molecule has 1 atom stereocenters. The van der Waals surface area contributed by atoms with Gasteiger partial charge in [-0.2, -0.15) is 0 Å². The number of amides is 1. The van der Waals surface area contributed by atoms with Gasteiger partial charge in [-0.25, -0.2) is 5.48 Å². The zero-order valence-electron chi connectivity index (χ0n) is 16.4. The Morgan fingerprint density at radius 1 is 1.25 bits per heavy atom. The van der Waals surface area contributed by atoms with E-state index in [9.17, 15) is 4.79 Å². The molecular weight excluding hydrogens is 376 g/mol. The maximum Gasteiger partial charge on any atom is 0.257 e. The third kappa shape index (κ3) is 5.25. The van der Waals surface area contributed by atoms with Crippen molar-refractivity contribution in [2.45, 2.75) is 45.3 Å². The van der Waals surface area contributed by atoms with E-state index in [0.29, 0.717) is 6.61 Å². The van der Waals surface area contributed by atoms with E-state index in [1.165, 1.54) is 23.8 Å². The minimum Gasteiger partial charge on any atom is -0.489 e. The summed E-state index contributed by atoms with van der Waals surface area (Å²) in [4.78, 5) is 16.1. The Balaban J connectivity index is 1.59. The highest BCUT2D eigenvalue weighted by Crippen LogP contribution is 2.27. The van der Waals surface area contributed by atoms with Gasteiger partial charge in [0.2, 0.25) is 0 Å². The normalized spacial score (nSPS) is 15.8. The van der Waals surface area contributed by atoms with Crippen LogP contribution in [0.25, 0.3) is 0 Å². The van der Waals surface area contributed by atoms with Gasteiger partial charge in [0.05, 0.1) is 13.7 Å². The predicted molar refractivity (Wildman–Crippen MR) is 111 cm³/mol. The number of carbonyl (C=O) groups excluding carboxylic acids is 1. The van der Waals surface area contributed by atoms with Crippen LogP contribution < -0.4 is 15.5 Å². The first-order chi connectivity index (χ1) is 13.6. The van der Waals surface area contributed by atoms with Crippen LogP contribution >= 0.6 is 11.6 Å². The molecule has 0 heterocycles. The van der Waals surface area contributed by atoms with Gasteiger partial charge >= 0.3 is 0 Å². The Labute approximate surface area is 171 Å². The Hall–Kier alpha value is -2.08. The molecule has 0 bridgehead atoms. The van der Waals surface area contributed by atoms with Gasteiger partial charge in [0, 0.05) is 16.6 Å². The molecule has 6 heteroatoms. The molecule has 0 fully saturated rings. The summed E-state index contributed by atoms with van der Waals surface area (Å²) in [6.45, 7) is 2.85. The van der Waals surface area contributed by atoms with Crippen LogP contribution in [-0.2, 0) is 35.5 Å². The van der Waals surface area contributed by atoms with E-state index in [4.69, 9.17) is 16.3 Å². The van der Waals surface area contributed by atoms with Gasteiger partial charge < -0.3 is 10.1 Å². The fourth-order valence-electron chi connectivity index (χ4n) is 3.63. The number of carbonyl (C=O) groups is 1. The summed E-state index contributed by atoms with van der Waals surface area (Å²) in [6, 6.07) is 12.5. The molecule has 1 aliphatic carbocycles. The lowest BCUT2D eigenvalue weighted by Crippen LogP contribution is -2.41. The Morgan fingerprint density at radius 3 is 2.89 bits per heavy atom. The first kappa shape index (κ1) is 20.6. The van der Waals surface area contributed by atoms with Crippen LogP contribution in [0.5, 0.6) is 5.75 Å². The number of hydrogen-bond donors (Lipinski definition) is 2. The fourth-order valence-corrected chi connectivity index (χ4v) is 3.88.